The third-order valence-corrected chi connectivity index (χ3v) is 4.34. The van der Waals surface area contributed by atoms with E-state index in [1.54, 1.807) is 12.1 Å². The van der Waals surface area contributed by atoms with Crippen molar-refractivity contribution in [1.82, 2.24) is 9.80 Å². The van der Waals surface area contributed by atoms with Crippen molar-refractivity contribution in [3.8, 4) is 0 Å². The maximum Gasteiger partial charge on any atom is 0.128 e. The summed E-state index contributed by atoms with van der Waals surface area (Å²) in [6, 6.07) is 7.21. The van der Waals surface area contributed by atoms with Gasteiger partial charge in [-0.1, -0.05) is 32.0 Å². The Bertz CT molecular complexity index is 420. The van der Waals surface area contributed by atoms with Crippen LogP contribution in [0.15, 0.2) is 24.3 Å². The maximum absolute atomic E-state index is 13.7. The van der Waals surface area contributed by atoms with Crippen LogP contribution in [-0.4, -0.2) is 48.6 Å². The molecule has 1 aliphatic heterocycles. The van der Waals surface area contributed by atoms with E-state index in [0.29, 0.717) is 11.6 Å². The fourth-order valence-electron chi connectivity index (χ4n) is 3.17. The number of hydrogen-bond donors (Lipinski definition) is 1. The number of benzene rings is 1. The van der Waals surface area contributed by atoms with Crippen molar-refractivity contribution in [2.24, 2.45) is 5.73 Å². The molecule has 1 aliphatic rings. The smallest absolute Gasteiger partial charge is 0.128 e. The molecular weight excluding hydrogens is 253 g/mol. The van der Waals surface area contributed by atoms with Crippen molar-refractivity contribution < 1.29 is 4.39 Å². The molecule has 1 heterocycles. The highest BCUT2D eigenvalue weighted by molar-refractivity contribution is 5.21. The van der Waals surface area contributed by atoms with Gasteiger partial charge in [-0.25, -0.2) is 4.39 Å². The van der Waals surface area contributed by atoms with Crippen LogP contribution in [0, 0.1) is 5.82 Å². The molecule has 2 atom stereocenters. The molecule has 2 unspecified atom stereocenters. The molecule has 3 nitrogen and oxygen atoms in total. The van der Waals surface area contributed by atoms with Gasteiger partial charge in [0.25, 0.3) is 0 Å². The second kappa shape index (κ2) is 7.16. The molecule has 0 aromatic heterocycles. The molecule has 1 fully saturated rings. The minimum absolute atomic E-state index is 0.195. The van der Waals surface area contributed by atoms with Gasteiger partial charge >= 0.3 is 0 Å². The fourth-order valence-corrected chi connectivity index (χ4v) is 3.17. The van der Waals surface area contributed by atoms with E-state index in [1.165, 1.54) is 12.5 Å². The highest BCUT2D eigenvalue weighted by Gasteiger charge is 2.27. The van der Waals surface area contributed by atoms with E-state index in [1.807, 2.05) is 6.07 Å². The minimum Gasteiger partial charge on any atom is -0.323 e. The number of likely N-dealkylation sites (N-methyl/N-ethyl adjacent to an activating group) is 1. The van der Waals surface area contributed by atoms with E-state index in [4.69, 9.17) is 5.73 Å². The van der Waals surface area contributed by atoms with Crippen LogP contribution < -0.4 is 5.73 Å². The lowest BCUT2D eigenvalue weighted by atomic mass is 10.1. The summed E-state index contributed by atoms with van der Waals surface area (Å²) in [6.07, 6.45) is 1.19. The van der Waals surface area contributed by atoms with Gasteiger partial charge in [0.15, 0.2) is 0 Å². The Morgan fingerprint density at radius 1 is 1.35 bits per heavy atom. The molecule has 1 aromatic carbocycles. The second-order valence-corrected chi connectivity index (χ2v) is 5.55. The highest BCUT2D eigenvalue weighted by atomic mass is 19.1. The Morgan fingerprint density at radius 2 is 2.05 bits per heavy atom. The normalized spacial score (nSPS) is 21.6. The molecule has 2 rings (SSSR count). The molecule has 112 valence electrons. The van der Waals surface area contributed by atoms with Crippen LogP contribution in [0.1, 0.15) is 31.9 Å². The van der Waals surface area contributed by atoms with E-state index in [-0.39, 0.29) is 11.9 Å². The largest absolute Gasteiger partial charge is 0.323 e. The molecule has 1 aromatic rings. The standard InChI is InChI=1S/C16H26FN3/c1-3-20(4-2)13-9-10-19(11-13)12-16(18)14-7-5-6-8-15(14)17/h5-8,13,16H,3-4,9-12,18H2,1-2H3. The van der Waals surface area contributed by atoms with Gasteiger partial charge in [0.05, 0.1) is 0 Å². The molecule has 20 heavy (non-hydrogen) atoms. The Labute approximate surface area is 121 Å². The van der Waals surface area contributed by atoms with E-state index >= 15 is 0 Å². The first-order valence-corrected chi connectivity index (χ1v) is 7.62. The lowest BCUT2D eigenvalue weighted by molar-refractivity contribution is 0.208. The molecule has 0 aliphatic carbocycles. The summed E-state index contributed by atoms with van der Waals surface area (Å²) in [5, 5.41) is 0. The number of nitrogens with two attached hydrogens (primary N) is 1. The van der Waals surface area contributed by atoms with Gasteiger partial charge in [0.2, 0.25) is 0 Å². The summed E-state index contributed by atoms with van der Waals surface area (Å²) in [7, 11) is 0. The van der Waals surface area contributed by atoms with Gasteiger partial charge < -0.3 is 5.73 Å². The van der Waals surface area contributed by atoms with Gasteiger partial charge in [-0.2, -0.15) is 0 Å². The van der Waals surface area contributed by atoms with Gasteiger partial charge in [0.1, 0.15) is 5.82 Å². The molecule has 0 bridgehead atoms. The molecule has 0 amide bonds. The van der Waals surface area contributed by atoms with Gasteiger partial charge in [-0.3, -0.25) is 9.80 Å². The fraction of sp³-hybridized carbons (Fsp3) is 0.625. The third-order valence-electron chi connectivity index (χ3n) is 4.34. The van der Waals surface area contributed by atoms with Crippen LogP contribution in [0.4, 0.5) is 4.39 Å². The number of halogens is 1. The number of hydrogen-bond acceptors (Lipinski definition) is 3. The predicted octanol–water partition coefficient (Wildman–Crippen LogP) is 2.24. The third kappa shape index (κ3) is 3.57. The van der Waals surface area contributed by atoms with Gasteiger partial charge in [-0.05, 0) is 32.1 Å². The topological polar surface area (TPSA) is 32.5 Å². The summed E-state index contributed by atoms with van der Waals surface area (Å²) < 4.78 is 13.7. The SMILES string of the molecule is CCN(CC)C1CCN(CC(N)c2ccccc2F)C1. The monoisotopic (exact) mass is 279 g/mol. The zero-order valence-electron chi connectivity index (χ0n) is 12.6. The van der Waals surface area contributed by atoms with E-state index in [0.717, 1.165) is 32.7 Å². The van der Waals surface area contributed by atoms with Crippen molar-refractivity contribution >= 4 is 0 Å². The number of nitrogens with zero attached hydrogens (tertiary/aromatic N) is 2. The van der Waals surface area contributed by atoms with Crippen molar-refractivity contribution in [3.05, 3.63) is 35.6 Å². The predicted molar refractivity (Wildman–Crippen MR) is 81.1 cm³/mol. The zero-order chi connectivity index (χ0) is 14.5. The maximum atomic E-state index is 13.7. The molecular formula is C16H26FN3. The van der Waals surface area contributed by atoms with Crippen molar-refractivity contribution in [1.29, 1.82) is 0 Å². The van der Waals surface area contributed by atoms with Crippen molar-refractivity contribution in [2.45, 2.75) is 32.4 Å². The second-order valence-electron chi connectivity index (χ2n) is 5.55. The Kier molecular flexibility index (Phi) is 5.52. The lowest BCUT2D eigenvalue weighted by Gasteiger charge is -2.27. The molecule has 0 saturated carbocycles. The summed E-state index contributed by atoms with van der Waals surface area (Å²) in [5.41, 5.74) is 6.79. The van der Waals surface area contributed by atoms with Crippen LogP contribution in [-0.2, 0) is 0 Å². The van der Waals surface area contributed by atoms with E-state index in [2.05, 4.69) is 23.6 Å². The van der Waals surface area contributed by atoms with Gasteiger partial charge in [0, 0.05) is 30.7 Å². The van der Waals surface area contributed by atoms with Crippen LogP contribution >= 0.6 is 0 Å². The van der Waals surface area contributed by atoms with Crippen molar-refractivity contribution in [2.75, 3.05) is 32.7 Å². The van der Waals surface area contributed by atoms with Crippen molar-refractivity contribution in [3.63, 3.8) is 0 Å². The quantitative estimate of drug-likeness (QED) is 0.867. The number of rotatable bonds is 6. The summed E-state index contributed by atoms with van der Waals surface area (Å²) in [5.74, 6) is -0.195. The van der Waals surface area contributed by atoms with Crippen LogP contribution in [0.5, 0.6) is 0 Å². The first-order chi connectivity index (χ1) is 9.65. The molecule has 0 radical (unpaired) electrons. The molecule has 0 spiro atoms. The molecule has 2 N–H and O–H groups in total. The average Bonchev–Trinajstić information content (AvgIpc) is 2.89. The lowest BCUT2D eigenvalue weighted by Crippen LogP contribution is -2.38. The molecule has 1 saturated heterocycles. The Balaban J connectivity index is 1.90. The van der Waals surface area contributed by atoms with E-state index in [9.17, 15) is 4.39 Å². The zero-order valence-corrected chi connectivity index (χ0v) is 12.6. The first-order valence-electron chi connectivity index (χ1n) is 7.62. The Morgan fingerprint density at radius 3 is 2.70 bits per heavy atom. The molecule has 4 heteroatoms. The van der Waals surface area contributed by atoms with Gasteiger partial charge in [-0.15, -0.1) is 0 Å². The summed E-state index contributed by atoms with van der Waals surface area (Å²) in [6.45, 7) is 9.43. The summed E-state index contributed by atoms with van der Waals surface area (Å²) >= 11 is 0. The van der Waals surface area contributed by atoms with Crippen LogP contribution in [0.25, 0.3) is 0 Å². The minimum atomic E-state index is -0.244. The summed E-state index contributed by atoms with van der Waals surface area (Å²) in [4.78, 5) is 4.86. The van der Waals surface area contributed by atoms with Crippen LogP contribution in [0.3, 0.4) is 0 Å². The van der Waals surface area contributed by atoms with Crippen LogP contribution in [0.2, 0.25) is 0 Å². The number of likely N-dealkylation sites (tertiary alicyclic amines) is 1. The van der Waals surface area contributed by atoms with E-state index < -0.39 is 0 Å². The Hall–Kier alpha value is -0.970. The first kappa shape index (κ1) is 15.4. The highest BCUT2D eigenvalue weighted by Crippen LogP contribution is 2.20. The average molecular weight is 279 g/mol.